The normalized spacial score (nSPS) is 21.9. The van der Waals surface area contributed by atoms with Crippen LogP contribution in [0.4, 0.5) is 0 Å². The number of fused-ring (bicyclic) bond motifs is 1. The number of likely N-dealkylation sites (N-methyl/N-ethyl adjacent to an activating group) is 1. The molecule has 0 saturated carbocycles. The van der Waals surface area contributed by atoms with Gasteiger partial charge >= 0.3 is 0 Å². The predicted octanol–water partition coefficient (Wildman–Crippen LogP) is 1.42. The Balaban J connectivity index is 1.93. The molecular weight excluding hydrogens is 242 g/mol. The van der Waals surface area contributed by atoms with Crippen LogP contribution in [0.1, 0.15) is 11.6 Å². The van der Waals surface area contributed by atoms with Gasteiger partial charge in [-0.1, -0.05) is 6.07 Å². The molecule has 5 nitrogen and oxygen atoms in total. The quantitative estimate of drug-likeness (QED) is 0.905. The zero-order valence-electron chi connectivity index (χ0n) is 11.3. The molecule has 3 rings (SSSR count). The minimum absolute atomic E-state index is 0.259. The van der Waals surface area contributed by atoms with Gasteiger partial charge in [-0.15, -0.1) is 0 Å². The summed E-state index contributed by atoms with van der Waals surface area (Å²) < 4.78 is 11.0. The summed E-state index contributed by atoms with van der Waals surface area (Å²) in [5.41, 5.74) is 2.95. The van der Waals surface area contributed by atoms with Gasteiger partial charge in [0.25, 0.3) is 0 Å². The predicted molar refractivity (Wildman–Crippen MR) is 73.0 cm³/mol. The van der Waals surface area contributed by atoms with Crippen LogP contribution in [-0.4, -0.2) is 49.8 Å². The Morgan fingerprint density at radius 2 is 2.32 bits per heavy atom. The van der Waals surface area contributed by atoms with Gasteiger partial charge in [-0.3, -0.25) is 0 Å². The number of oxazole rings is 1. The maximum Gasteiger partial charge on any atom is 0.181 e. The Morgan fingerprint density at radius 1 is 1.42 bits per heavy atom. The molecule has 1 aliphatic rings. The van der Waals surface area contributed by atoms with E-state index >= 15 is 0 Å². The van der Waals surface area contributed by atoms with Crippen LogP contribution < -0.4 is 5.32 Å². The van der Waals surface area contributed by atoms with E-state index in [4.69, 9.17) is 9.15 Å². The summed E-state index contributed by atoms with van der Waals surface area (Å²) in [5.74, 6) is 0. The summed E-state index contributed by atoms with van der Waals surface area (Å²) in [5, 5.41) is 3.53. The van der Waals surface area contributed by atoms with Crippen molar-refractivity contribution in [1.29, 1.82) is 0 Å². The maximum atomic E-state index is 5.58. The van der Waals surface area contributed by atoms with Gasteiger partial charge in [-0.05, 0) is 31.8 Å². The molecule has 1 aliphatic heterocycles. The fraction of sp³-hybridized carbons (Fsp3) is 0.500. The van der Waals surface area contributed by atoms with E-state index < -0.39 is 0 Å². The summed E-state index contributed by atoms with van der Waals surface area (Å²) in [6.07, 6.45) is 1.49. The third kappa shape index (κ3) is 2.49. The Labute approximate surface area is 112 Å². The smallest absolute Gasteiger partial charge is 0.181 e. The van der Waals surface area contributed by atoms with Crippen LogP contribution in [0.2, 0.25) is 0 Å². The third-order valence-corrected chi connectivity index (χ3v) is 3.58. The molecule has 1 N–H and O–H groups in total. The Hall–Kier alpha value is -1.43. The van der Waals surface area contributed by atoms with Crippen molar-refractivity contribution < 1.29 is 9.15 Å². The Bertz CT molecular complexity index is 546. The zero-order valence-corrected chi connectivity index (χ0v) is 11.3. The Morgan fingerprint density at radius 3 is 3.05 bits per heavy atom. The number of morpholine rings is 1. The fourth-order valence-electron chi connectivity index (χ4n) is 2.73. The minimum Gasteiger partial charge on any atom is -0.443 e. The highest BCUT2D eigenvalue weighted by Gasteiger charge is 2.27. The number of ether oxygens (including phenoxy) is 1. The lowest BCUT2D eigenvalue weighted by Gasteiger charge is -2.35. The highest BCUT2D eigenvalue weighted by atomic mass is 16.5. The zero-order chi connectivity index (χ0) is 13.2. The average molecular weight is 261 g/mol. The van der Waals surface area contributed by atoms with E-state index in [2.05, 4.69) is 41.4 Å². The number of aromatic nitrogens is 1. The molecule has 0 amide bonds. The van der Waals surface area contributed by atoms with Gasteiger partial charge in [0.05, 0.1) is 25.3 Å². The van der Waals surface area contributed by atoms with Crippen LogP contribution in [0.5, 0.6) is 0 Å². The highest BCUT2D eigenvalue weighted by molar-refractivity contribution is 5.72. The topological polar surface area (TPSA) is 50.5 Å². The number of hydrogen-bond donors (Lipinski definition) is 1. The van der Waals surface area contributed by atoms with E-state index in [-0.39, 0.29) is 6.04 Å². The molecule has 2 unspecified atom stereocenters. The molecule has 0 radical (unpaired) electrons. The van der Waals surface area contributed by atoms with Crippen molar-refractivity contribution >= 4 is 11.1 Å². The number of nitrogens with zero attached hydrogens (tertiary/aromatic N) is 2. The molecular formula is C14H19N3O2. The van der Waals surface area contributed by atoms with E-state index in [0.717, 1.165) is 30.9 Å². The second kappa shape index (κ2) is 5.28. The monoisotopic (exact) mass is 261 g/mol. The largest absolute Gasteiger partial charge is 0.443 e. The number of nitrogens with one attached hydrogen (secondary N) is 1. The van der Waals surface area contributed by atoms with Gasteiger partial charge in [0, 0.05) is 6.54 Å². The van der Waals surface area contributed by atoms with Gasteiger partial charge in [0.15, 0.2) is 12.0 Å². The number of rotatable bonds is 3. The number of hydrogen-bond acceptors (Lipinski definition) is 5. The molecule has 0 aliphatic carbocycles. The van der Waals surface area contributed by atoms with E-state index in [9.17, 15) is 0 Å². The maximum absolute atomic E-state index is 5.58. The number of benzene rings is 1. The lowest BCUT2D eigenvalue weighted by molar-refractivity contribution is 0.0459. The van der Waals surface area contributed by atoms with Crippen molar-refractivity contribution in [2.24, 2.45) is 0 Å². The first-order chi connectivity index (χ1) is 9.25. The molecule has 102 valence electrons. The fourth-order valence-corrected chi connectivity index (χ4v) is 2.73. The van der Waals surface area contributed by atoms with Crippen LogP contribution >= 0.6 is 0 Å². The molecule has 0 bridgehead atoms. The summed E-state index contributed by atoms with van der Waals surface area (Å²) in [6, 6.07) is 6.75. The first-order valence-corrected chi connectivity index (χ1v) is 6.56. The lowest BCUT2D eigenvalue weighted by Crippen LogP contribution is -2.48. The first-order valence-electron chi connectivity index (χ1n) is 6.56. The van der Waals surface area contributed by atoms with Crippen LogP contribution in [0.15, 0.2) is 29.0 Å². The molecule has 2 heterocycles. The first kappa shape index (κ1) is 12.6. The molecule has 19 heavy (non-hydrogen) atoms. The Kier molecular flexibility index (Phi) is 3.50. The van der Waals surface area contributed by atoms with E-state index in [1.807, 2.05) is 6.07 Å². The molecule has 2 aromatic rings. The second-order valence-electron chi connectivity index (χ2n) is 5.12. The van der Waals surface area contributed by atoms with Crippen molar-refractivity contribution in [2.45, 2.75) is 12.1 Å². The molecule has 5 heteroatoms. The second-order valence-corrected chi connectivity index (χ2v) is 5.12. The molecule has 1 fully saturated rings. The molecule has 1 saturated heterocycles. The minimum atomic E-state index is 0.259. The van der Waals surface area contributed by atoms with Crippen molar-refractivity contribution in [3.8, 4) is 0 Å². The summed E-state index contributed by atoms with van der Waals surface area (Å²) in [4.78, 5) is 6.37. The van der Waals surface area contributed by atoms with Gasteiger partial charge in [0.2, 0.25) is 0 Å². The van der Waals surface area contributed by atoms with Crippen molar-refractivity contribution in [3.63, 3.8) is 0 Å². The van der Waals surface area contributed by atoms with Gasteiger partial charge in [-0.25, -0.2) is 4.98 Å². The van der Waals surface area contributed by atoms with E-state index in [1.54, 1.807) is 0 Å². The van der Waals surface area contributed by atoms with Crippen molar-refractivity contribution in [3.05, 3.63) is 30.2 Å². The van der Waals surface area contributed by atoms with E-state index in [1.165, 1.54) is 12.0 Å². The van der Waals surface area contributed by atoms with E-state index in [0.29, 0.717) is 6.04 Å². The van der Waals surface area contributed by atoms with Crippen molar-refractivity contribution in [2.75, 3.05) is 33.9 Å². The molecule has 1 aromatic heterocycles. The summed E-state index contributed by atoms with van der Waals surface area (Å²) >= 11 is 0. The van der Waals surface area contributed by atoms with Crippen molar-refractivity contribution in [1.82, 2.24) is 15.2 Å². The molecule has 1 aromatic carbocycles. The van der Waals surface area contributed by atoms with Gasteiger partial charge in [-0.2, -0.15) is 0 Å². The van der Waals surface area contributed by atoms with Crippen LogP contribution in [0.3, 0.4) is 0 Å². The lowest BCUT2D eigenvalue weighted by atomic mass is 9.97. The highest BCUT2D eigenvalue weighted by Crippen LogP contribution is 2.26. The standard InChI is InChI=1S/C14H19N3O2/c1-17(2)14(12-8-18-6-5-15-12)10-3-4-11-13(7-10)19-9-16-11/h3-4,7,9,12,14-15H,5-6,8H2,1-2H3. The van der Waals surface area contributed by atoms with Gasteiger partial charge in [0.1, 0.15) is 5.52 Å². The van der Waals surface area contributed by atoms with Crippen LogP contribution in [-0.2, 0) is 4.74 Å². The van der Waals surface area contributed by atoms with Crippen LogP contribution in [0, 0.1) is 0 Å². The average Bonchev–Trinajstić information content (AvgIpc) is 2.87. The summed E-state index contributed by atoms with van der Waals surface area (Å²) in [7, 11) is 4.18. The molecule has 2 atom stereocenters. The third-order valence-electron chi connectivity index (χ3n) is 3.58. The summed E-state index contributed by atoms with van der Waals surface area (Å²) in [6.45, 7) is 2.43. The van der Waals surface area contributed by atoms with Crippen LogP contribution in [0.25, 0.3) is 11.1 Å². The molecule has 0 spiro atoms. The van der Waals surface area contributed by atoms with Gasteiger partial charge < -0.3 is 19.4 Å². The SMILES string of the molecule is CN(C)C(c1ccc2ncoc2c1)C1COCCN1.